The van der Waals surface area contributed by atoms with E-state index < -0.39 is 11.8 Å². The number of anilines is 1. The molecular formula is C18H19F2N3S2. The van der Waals surface area contributed by atoms with E-state index in [4.69, 9.17) is 0 Å². The van der Waals surface area contributed by atoms with Crippen molar-refractivity contribution >= 4 is 38.6 Å². The Morgan fingerprint density at radius 3 is 2.96 bits per heavy atom. The number of thiophene rings is 2. The van der Waals surface area contributed by atoms with E-state index in [1.165, 1.54) is 9.75 Å². The molecule has 0 amide bonds. The predicted molar refractivity (Wildman–Crippen MR) is 99.8 cm³/mol. The van der Waals surface area contributed by atoms with E-state index in [9.17, 15) is 8.78 Å². The minimum absolute atomic E-state index is 0.0701. The maximum Gasteiger partial charge on any atom is 0.251 e. The Kier molecular flexibility index (Phi) is 4.45. The Morgan fingerprint density at radius 1 is 1.40 bits per heavy atom. The van der Waals surface area contributed by atoms with Crippen LogP contribution >= 0.6 is 22.7 Å². The Hall–Kier alpha value is -1.60. The van der Waals surface area contributed by atoms with Gasteiger partial charge in [-0.1, -0.05) is 6.07 Å². The molecule has 3 heterocycles. The molecule has 1 saturated carbocycles. The van der Waals surface area contributed by atoms with Crippen LogP contribution in [-0.4, -0.2) is 16.1 Å². The molecule has 3 nitrogen and oxygen atoms in total. The highest BCUT2D eigenvalue weighted by atomic mass is 32.1. The highest BCUT2D eigenvalue weighted by molar-refractivity contribution is 7.19. The van der Waals surface area contributed by atoms with Crippen molar-refractivity contribution in [3.8, 4) is 0 Å². The van der Waals surface area contributed by atoms with Crippen LogP contribution in [0.5, 0.6) is 0 Å². The number of nitrogens with zero attached hydrogens (tertiary/aromatic N) is 2. The standard InChI is InChI=1S/C18H19F2N3S2/c1-11-15(6-2-4-12-8-18(12,19)20)25-17-14(10-22-23-16(11)17)21-9-13-5-3-7-24-13/h3,5,7,10,12H,2,4,6,8-9H2,1H3,(H,21,23). The highest BCUT2D eigenvalue weighted by Crippen LogP contribution is 2.51. The number of nitrogens with one attached hydrogen (secondary N) is 1. The van der Waals surface area contributed by atoms with Crippen LogP contribution in [0.15, 0.2) is 23.7 Å². The lowest BCUT2D eigenvalue weighted by Gasteiger charge is -2.04. The molecule has 1 aliphatic rings. The third-order valence-corrected chi connectivity index (χ3v) is 7.00. The summed E-state index contributed by atoms with van der Waals surface area (Å²) in [7, 11) is 0. The summed E-state index contributed by atoms with van der Waals surface area (Å²) >= 11 is 3.43. The van der Waals surface area contributed by atoms with Crippen LogP contribution in [0.3, 0.4) is 0 Å². The molecule has 1 atom stereocenters. The van der Waals surface area contributed by atoms with Gasteiger partial charge >= 0.3 is 0 Å². The molecule has 25 heavy (non-hydrogen) atoms. The Labute approximate surface area is 153 Å². The molecule has 0 bridgehead atoms. The van der Waals surface area contributed by atoms with Gasteiger partial charge in [0.2, 0.25) is 0 Å². The SMILES string of the molecule is Cc1c(CCCC2CC2(F)F)sc2c(NCc3cccs3)cnnc12. The monoisotopic (exact) mass is 379 g/mol. The van der Waals surface area contributed by atoms with Gasteiger partial charge in [-0.25, -0.2) is 8.78 Å². The van der Waals surface area contributed by atoms with Crippen LogP contribution in [0.25, 0.3) is 10.2 Å². The van der Waals surface area contributed by atoms with Crippen LogP contribution in [0, 0.1) is 12.8 Å². The van der Waals surface area contributed by atoms with Gasteiger partial charge < -0.3 is 5.32 Å². The molecule has 1 fully saturated rings. The number of aromatic nitrogens is 2. The van der Waals surface area contributed by atoms with Crippen LogP contribution in [0.2, 0.25) is 0 Å². The first-order valence-electron chi connectivity index (χ1n) is 8.42. The van der Waals surface area contributed by atoms with Crippen molar-refractivity contribution in [3.05, 3.63) is 39.0 Å². The molecule has 1 N–H and O–H groups in total. The second kappa shape index (κ2) is 6.61. The molecule has 7 heteroatoms. The fourth-order valence-electron chi connectivity index (χ4n) is 3.11. The molecule has 1 aliphatic carbocycles. The van der Waals surface area contributed by atoms with Gasteiger partial charge in [-0.2, -0.15) is 5.10 Å². The summed E-state index contributed by atoms with van der Waals surface area (Å²) in [6.45, 7) is 2.82. The number of hydrogen-bond donors (Lipinski definition) is 1. The largest absolute Gasteiger partial charge is 0.378 e. The first-order valence-corrected chi connectivity index (χ1v) is 10.1. The fourth-order valence-corrected chi connectivity index (χ4v) is 5.02. The zero-order valence-corrected chi connectivity index (χ0v) is 15.5. The normalized spacial score (nSPS) is 18.6. The summed E-state index contributed by atoms with van der Waals surface area (Å²) in [5.41, 5.74) is 3.05. The van der Waals surface area contributed by atoms with Crippen LogP contribution in [0.4, 0.5) is 14.5 Å². The molecule has 3 aromatic heterocycles. The average Bonchev–Trinajstić information content (AvgIpc) is 2.98. The number of fused-ring (bicyclic) bond motifs is 1. The van der Waals surface area contributed by atoms with Crippen molar-refractivity contribution in [1.82, 2.24) is 10.2 Å². The van der Waals surface area contributed by atoms with Gasteiger partial charge in [0.1, 0.15) is 5.52 Å². The number of alkyl halides is 2. The summed E-state index contributed by atoms with van der Waals surface area (Å²) in [5.74, 6) is -2.80. The van der Waals surface area contributed by atoms with E-state index in [0.29, 0.717) is 6.42 Å². The highest BCUT2D eigenvalue weighted by Gasteiger charge is 2.55. The summed E-state index contributed by atoms with van der Waals surface area (Å²) in [6.07, 6.45) is 4.08. The average molecular weight is 380 g/mol. The second-order valence-electron chi connectivity index (χ2n) is 6.57. The zero-order valence-electron chi connectivity index (χ0n) is 13.9. The van der Waals surface area contributed by atoms with Gasteiger partial charge in [0.05, 0.1) is 16.6 Å². The lowest BCUT2D eigenvalue weighted by molar-refractivity contribution is 0.0966. The van der Waals surface area contributed by atoms with E-state index in [1.807, 2.05) is 6.07 Å². The van der Waals surface area contributed by atoms with Gasteiger partial charge in [0, 0.05) is 28.6 Å². The topological polar surface area (TPSA) is 37.8 Å². The maximum absolute atomic E-state index is 13.0. The summed E-state index contributed by atoms with van der Waals surface area (Å²) in [5, 5.41) is 13.9. The Balaban J connectivity index is 1.47. The number of hydrogen-bond acceptors (Lipinski definition) is 5. The first kappa shape index (κ1) is 16.8. The summed E-state index contributed by atoms with van der Waals surface area (Å²) in [6, 6.07) is 4.14. The summed E-state index contributed by atoms with van der Waals surface area (Å²) in [4.78, 5) is 2.50. The number of aryl methyl sites for hydroxylation is 2. The van der Waals surface area contributed by atoms with E-state index in [1.54, 1.807) is 28.9 Å². The third-order valence-electron chi connectivity index (χ3n) is 4.75. The smallest absolute Gasteiger partial charge is 0.251 e. The van der Waals surface area contributed by atoms with E-state index in [-0.39, 0.29) is 6.42 Å². The van der Waals surface area contributed by atoms with Crippen LogP contribution in [0.1, 0.15) is 34.6 Å². The molecule has 0 saturated heterocycles. The molecular weight excluding hydrogens is 360 g/mol. The van der Waals surface area contributed by atoms with Crippen molar-refractivity contribution in [1.29, 1.82) is 0 Å². The van der Waals surface area contributed by atoms with E-state index in [0.717, 1.165) is 40.9 Å². The van der Waals surface area contributed by atoms with Gasteiger partial charge in [0.15, 0.2) is 0 Å². The van der Waals surface area contributed by atoms with Crippen molar-refractivity contribution in [3.63, 3.8) is 0 Å². The predicted octanol–water partition coefficient (Wildman–Crippen LogP) is 5.65. The molecule has 0 radical (unpaired) electrons. The van der Waals surface area contributed by atoms with Gasteiger partial charge in [-0.05, 0) is 43.2 Å². The molecule has 4 rings (SSSR count). The van der Waals surface area contributed by atoms with E-state index >= 15 is 0 Å². The molecule has 3 aromatic rings. The molecule has 0 aliphatic heterocycles. The Bertz CT molecular complexity index is 874. The maximum atomic E-state index is 13.0. The lowest BCUT2D eigenvalue weighted by Crippen LogP contribution is -1.98. The summed E-state index contributed by atoms with van der Waals surface area (Å²) < 4.78 is 27.1. The lowest BCUT2D eigenvalue weighted by atomic mass is 10.1. The van der Waals surface area contributed by atoms with Crippen molar-refractivity contribution in [2.45, 2.75) is 45.1 Å². The Morgan fingerprint density at radius 2 is 2.24 bits per heavy atom. The van der Waals surface area contributed by atoms with Crippen LogP contribution < -0.4 is 5.32 Å². The van der Waals surface area contributed by atoms with Crippen molar-refractivity contribution in [2.24, 2.45) is 5.92 Å². The van der Waals surface area contributed by atoms with Crippen molar-refractivity contribution in [2.75, 3.05) is 5.32 Å². The quantitative estimate of drug-likeness (QED) is 0.576. The minimum atomic E-state index is -2.40. The first-order chi connectivity index (χ1) is 12.0. The molecule has 1 unspecified atom stereocenters. The number of halogens is 2. The number of rotatable bonds is 7. The van der Waals surface area contributed by atoms with Gasteiger partial charge in [-0.15, -0.1) is 27.8 Å². The van der Waals surface area contributed by atoms with Gasteiger partial charge in [0.25, 0.3) is 5.92 Å². The zero-order chi connectivity index (χ0) is 17.4. The van der Waals surface area contributed by atoms with Crippen LogP contribution in [-0.2, 0) is 13.0 Å². The molecule has 132 valence electrons. The fraction of sp³-hybridized carbons (Fsp3) is 0.444. The third kappa shape index (κ3) is 3.53. The molecule has 0 spiro atoms. The van der Waals surface area contributed by atoms with Gasteiger partial charge in [-0.3, -0.25) is 0 Å². The van der Waals surface area contributed by atoms with Crippen molar-refractivity contribution < 1.29 is 8.78 Å². The second-order valence-corrected chi connectivity index (χ2v) is 8.71. The molecule has 0 aromatic carbocycles. The minimum Gasteiger partial charge on any atom is -0.378 e. The van der Waals surface area contributed by atoms with E-state index in [2.05, 4.69) is 33.9 Å².